The van der Waals surface area contributed by atoms with Crippen molar-refractivity contribution in [2.45, 2.75) is 59.3 Å². The summed E-state index contributed by atoms with van der Waals surface area (Å²) >= 11 is 0. The van der Waals surface area contributed by atoms with Crippen LogP contribution in [0.4, 0.5) is 0 Å². The van der Waals surface area contributed by atoms with Gasteiger partial charge in [0.15, 0.2) is 0 Å². The molecule has 0 spiro atoms. The van der Waals surface area contributed by atoms with E-state index in [9.17, 15) is 13.0 Å². The van der Waals surface area contributed by atoms with Gasteiger partial charge in [0.1, 0.15) is 0 Å². The van der Waals surface area contributed by atoms with E-state index in [0.29, 0.717) is 0 Å². The molecule has 19 heavy (non-hydrogen) atoms. The number of hydrogen-bond donors (Lipinski definition) is 1. The van der Waals surface area contributed by atoms with Crippen LogP contribution in [0.3, 0.4) is 0 Å². The van der Waals surface area contributed by atoms with E-state index >= 15 is 0 Å². The molecule has 118 valence electrons. The quantitative estimate of drug-likeness (QED) is 0.488. The fourth-order valence-corrected chi connectivity index (χ4v) is 1.66. The number of rotatable bonds is 10. The summed E-state index contributed by atoms with van der Waals surface area (Å²) in [5, 5.41) is 0. The molecule has 0 aromatic rings. The molecule has 6 heteroatoms. The summed E-state index contributed by atoms with van der Waals surface area (Å²) < 4.78 is 31.0. The molecule has 0 amide bonds. The van der Waals surface area contributed by atoms with Gasteiger partial charge in [0.25, 0.3) is 0 Å². The van der Waals surface area contributed by atoms with Crippen LogP contribution < -0.4 is 4.90 Å². The largest absolute Gasteiger partial charge is 0.726 e. The highest BCUT2D eigenvalue weighted by molar-refractivity contribution is 7.80. The Morgan fingerprint density at radius 2 is 1.16 bits per heavy atom. The SMILES string of the molecule is CCCC[NH+](CCCC)CCCC.COS(=O)(=O)[O-]. The smallest absolute Gasteiger partial charge is 0.217 e. The van der Waals surface area contributed by atoms with Crippen LogP contribution in [0.5, 0.6) is 0 Å². The Morgan fingerprint density at radius 1 is 0.895 bits per heavy atom. The average molecular weight is 297 g/mol. The third kappa shape index (κ3) is 20.3. The van der Waals surface area contributed by atoms with Crippen molar-refractivity contribution in [1.82, 2.24) is 0 Å². The highest BCUT2D eigenvalue weighted by atomic mass is 32.3. The molecule has 1 N–H and O–H groups in total. The summed E-state index contributed by atoms with van der Waals surface area (Å²) in [6.07, 6.45) is 8.26. The van der Waals surface area contributed by atoms with Crippen molar-refractivity contribution in [3.8, 4) is 0 Å². The molecular formula is C13H31NO4S. The third-order valence-corrected chi connectivity index (χ3v) is 3.26. The van der Waals surface area contributed by atoms with Crippen LogP contribution in [-0.4, -0.2) is 39.7 Å². The van der Waals surface area contributed by atoms with Gasteiger partial charge < -0.3 is 9.45 Å². The fraction of sp³-hybridized carbons (Fsp3) is 1.00. The predicted octanol–water partition coefficient (Wildman–Crippen LogP) is 1.36. The van der Waals surface area contributed by atoms with E-state index in [1.807, 2.05) is 4.90 Å². The van der Waals surface area contributed by atoms with Crippen LogP contribution >= 0.6 is 0 Å². The van der Waals surface area contributed by atoms with E-state index in [0.717, 1.165) is 7.11 Å². The van der Waals surface area contributed by atoms with E-state index in [-0.39, 0.29) is 0 Å². The summed E-state index contributed by atoms with van der Waals surface area (Å²) in [5.41, 5.74) is 0. The second-order valence-corrected chi connectivity index (χ2v) is 5.79. The summed E-state index contributed by atoms with van der Waals surface area (Å²) in [6.45, 7) is 11.1. The molecule has 0 unspecified atom stereocenters. The second-order valence-electron chi connectivity index (χ2n) is 4.64. The van der Waals surface area contributed by atoms with Gasteiger partial charge in [-0.25, -0.2) is 8.42 Å². The van der Waals surface area contributed by atoms with Crippen molar-refractivity contribution >= 4 is 10.4 Å². The van der Waals surface area contributed by atoms with Gasteiger partial charge in [-0.1, -0.05) is 40.0 Å². The number of hydrogen-bond acceptors (Lipinski definition) is 4. The Balaban J connectivity index is 0. The molecule has 0 atom stereocenters. The summed E-state index contributed by atoms with van der Waals surface area (Å²) in [6, 6.07) is 0. The molecule has 0 aromatic carbocycles. The monoisotopic (exact) mass is 297 g/mol. The lowest BCUT2D eigenvalue weighted by atomic mass is 10.2. The molecule has 0 aliphatic carbocycles. The van der Waals surface area contributed by atoms with Crippen LogP contribution in [0.2, 0.25) is 0 Å². The number of unbranched alkanes of at least 4 members (excludes halogenated alkanes) is 3. The van der Waals surface area contributed by atoms with Crippen LogP contribution in [0, 0.1) is 0 Å². The fourth-order valence-electron chi connectivity index (χ4n) is 1.66. The van der Waals surface area contributed by atoms with Gasteiger partial charge in [-0.05, 0) is 19.3 Å². The van der Waals surface area contributed by atoms with Crippen LogP contribution in [0.1, 0.15) is 59.3 Å². The van der Waals surface area contributed by atoms with Crippen LogP contribution in [-0.2, 0) is 14.6 Å². The van der Waals surface area contributed by atoms with Crippen molar-refractivity contribution in [3.05, 3.63) is 0 Å². The van der Waals surface area contributed by atoms with Gasteiger partial charge in [-0.3, -0.25) is 4.18 Å². The normalized spacial score (nSPS) is 11.3. The van der Waals surface area contributed by atoms with Gasteiger partial charge in [0.2, 0.25) is 10.4 Å². The van der Waals surface area contributed by atoms with Crippen molar-refractivity contribution in [1.29, 1.82) is 0 Å². The molecule has 0 aliphatic heterocycles. The Bertz CT molecular complexity index is 249. The molecule has 0 aromatic heterocycles. The minimum absolute atomic E-state index is 0.808. The highest BCUT2D eigenvalue weighted by Gasteiger charge is 2.05. The standard InChI is InChI=1S/C12H27N.CH4O4S/c1-4-7-10-13(11-8-5-2)12-9-6-3;1-5-6(2,3)4/h4-12H2,1-3H3;1H3,(H,2,3,4). The first-order valence-corrected chi connectivity index (χ1v) is 8.59. The molecule has 0 saturated carbocycles. The second kappa shape index (κ2) is 14.2. The Hall–Kier alpha value is -0.170. The van der Waals surface area contributed by atoms with Crippen LogP contribution in [0.15, 0.2) is 0 Å². The van der Waals surface area contributed by atoms with E-state index < -0.39 is 10.4 Å². The Morgan fingerprint density at radius 3 is 1.32 bits per heavy atom. The van der Waals surface area contributed by atoms with Gasteiger partial charge in [-0.2, -0.15) is 0 Å². The van der Waals surface area contributed by atoms with Crippen molar-refractivity contribution in [2.75, 3.05) is 26.7 Å². The van der Waals surface area contributed by atoms with E-state index in [2.05, 4.69) is 25.0 Å². The lowest BCUT2D eigenvalue weighted by Crippen LogP contribution is -3.12. The van der Waals surface area contributed by atoms with Gasteiger partial charge in [-0.15, -0.1) is 0 Å². The zero-order valence-electron chi connectivity index (χ0n) is 12.9. The first kappa shape index (κ1) is 21.1. The Labute approximate surface area is 119 Å². The molecule has 0 radical (unpaired) electrons. The van der Waals surface area contributed by atoms with E-state index in [4.69, 9.17) is 0 Å². The zero-order chi connectivity index (χ0) is 15.1. The van der Waals surface area contributed by atoms with Crippen molar-refractivity contribution in [3.63, 3.8) is 0 Å². The summed E-state index contributed by atoms with van der Waals surface area (Å²) in [4.78, 5) is 1.84. The molecular weight excluding hydrogens is 266 g/mol. The zero-order valence-corrected chi connectivity index (χ0v) is 13.7. The van der Waals surface area contributed by atoms with Gasteiger partial charge >= 0.3 is 0 Å². The molecule has 0 bridgehead atoms. The lowest BCUT2D eigenvalue weighted by molar-refractivity contribution is -0.900. The molecule has 0 fully saturated rings. The summed E-state index contributed by atoms with van der Waals surface area (Å²) in [7, 11) is -3.60. The van der Waals surface area contributed by atoms with Crippen LogP contribution in [0.25, 0.3) is 0 Å². The van der Waals surface area contributed by atoms with Gasteiger partial charge in [0, 0.05) is 0 Å². The van der Waals surface area contributed by atoms with Crippen molar-refractivity contribution < 1.29 is 22.1 Å². The molecule has 0 saturated heterocycles. The topological polar surface area (TPSA) is 70.9 Å². The van der Waals surface area contributed by atoms with Gasteiger partial charge in [0.05, 0.1) is 26.7 Å². The first-order valence-electron chi connectivity index (χ1n) is 7.26. The average Bonchev–Trinajstić information content (AvgIpc) is 2.38. The van der Waals surface area contributed by atoms with Crippen molar-refractivity contribution in [2.24, 2.45) is 0 Å². The maximum atomic E-state index is 9.22. The minimum atomic E-state index is -4.41. The Kier molecular flexibility index (Phi) is 15.8. The highest BCUT2D eigenvalue weighted by Crippen LogP contribution is 1.85. The predicted molar refractivity (Wildman–Crippen MR) is 77.0 cm³/mol. The molecule has 5 nitrogen and oxygen atoms in total. The lowest BCUT2D eigenvalue weighted by Gasteiger charge is -2.18. The number of quaternary nitrogens is 1. The van der Waals surface area contributed by atoms with E-state index in [1.165, 1.54) is 58.2 Å². The summed E-state index contributed by atoms with van der Waals surface area (Å²) in [5.74, 6) is 0. The third-order valence-electron chi connectivity index (χ3n) is 2.86. The van der Waals surface area contributed by atoms with E-state index in [1.54, 1.807) is 0 Å². The minimum Gasteiger partial charge on any atom is -0.726 e. The number of nitrogens with one attached hydrogen (secondary N) is 1. The molecule has 0 heterocycles. The first-order chi connectivity index (χ1) is 8.91. The maximum absolute atomic E-state index is 9.22. The molecule has 0 rings (SSSR count). The molecule has 0 aliphatic rings. The maximum Gasteiger partial charge on any atom is 0.217 e.